The van der Waals surface area contributed by atoms with Gasteiger partial charge < -0.3 is 10.1 Å². The van der Waals surface area contributed by atoms with E-state index >= 15 is 0 Å². The number of nitrogens with one attached hydrogen (secondary N) is 1. The Morgan fingerprint density at radius 3 is 2.52 bits per heavy atom. The van der Waals surface area contributed by atoms with Gasteiger partial charge in [-0.15, -0.1) is 0 Å². The molecule has 0 saturated heterocycles. The molecule has 3 rings (SSSR count). The molecule has 0 aromatic heterocycles. The highest BCUT2D eigenvalue weighted by molar-refractivity contribution is 14.1. The number of aryl methyl sites for hydroxylation is 1. The van der Waals surface area contributed by atoms with Gasteiger partial charge in [0, 0.05) is 15.6 Å². The zero-order valence-corrected chi connectivity index (χ0v) is 19.9. The van der Waals surface area contributed by atoms with Gasteiger partial charge >= 0.3 is 0 Å². The fraction of sp³-hybridized carbons (Fsp3) is 0.381. The van der Waals surface area contributed by atoms with Crippen molar-refractivity contribution in [2.24, 2.45) is 0 Å². The number of halogens is 1. The van der Waals surface area contributed by atoms with E-state index in [0.717, 1.165) is 31.0 Å². The Bertz CT molecular complexity index is 1020. The molecular weight excluding hydrogens is 503 g/mol. The van der Waals surface area contributed by atoms with Crippen LogP contribution >= 0.6 is 22.6 Å². The lowest BCUT2D eigenvalue weighted by Crippen LogP contribution is -2.45. The summed E-state index contributed by atoms with van der Waals surface area (Å²) in [6.45, 7) is 5.67. The molecule has 0 aliphatic carbocycles. The van der Waals surface area contributed by atoms with Gasteiger partial charge in [-0.2, -0.15) is 0 Å². The van der Waals surface area contributed by atoms with Crippen molar-refractivity contribution in [3.8, 4) is 5.75 Å². The number of ether oxygens (including phenoxy) is 1. The normalized spacial score (nSPS) is 17.8. The number of rotatable bonds is 5. The van der Waals surface area contributed by atoms with E-state index in [1.54, 1.807) is 12.1 Å². The third-order valence-electron chi connectivity index (χ3n) is 4.76. The van der Waals surface area contributed by atoms with E-state index in [2.05, 4.69) is 27.9 Å². The average molecular weight is 528 g/mol. The predicted molar refractivity (Wildman–Crippen MR) is 123 cm³/mol. The first-order valence-electron chi connectivity index (χ1n) is 9.27. The summed E-state index contributed by atoms with van der Waals surface area (Å²) in [4.78, 5) is 12.8. The number of anilines is 1. The van der Waals surface area contributed by atoms with E-state index in [1.165, 1.54) is 0 Å². The number of carbonyl (C=O) groups is 1. The molecule has 6 nitrogen and oxygen atoms in total. The van der Waals surface area contributed by atoms with Crippen LogP contribution in [0, 0.1) is 10.5 Å². The summed E-state index contributed by atoms with van der Waals surface area (Å²) in [5.41, 5.74) is 2.01. The second-order valence-electron chi connectivity index (χ2n) is 7.97. The van der Waals surface area contributed by atoms with Crippen molar-refractivity contribution < 1.29 is 17.9 Å². The van der Waals surface area contributed by atoms with E-state index in [0.29, 0.717) is 12.1 Å². The maximum Gasteiger partial charge on any atom is 0.241 e. The van der Waals surface area contributed by atoms with Crippen molar-refractivity contribution in [3.05, 3.63) is 57.2 Å². The number of nitrogens with zero attached hydrogens (tertiary/aromatic N) is 1. The van der Waals surface area contributed by atoms with Gasteiger partial charge in [0.1, 0.15) is 17.9 Å². The number of fused-ring (bicyclic) bond motifs is 1. The minimum absolute atomic E-state index is 0.250. The smallest absolute Gasteiger partial charge is 0.241 e. The lowest BCUT2D eigenvalue weighted by Gasteiger charge is -2.38. The van der Waals surface area contributed by atoms with Gasteiger partial charge in [-0.05, 0) is 79.3 Å². The Morgan fingerprint density at radius 1 is 1.24 bits per heavy atom. The van der Waals surface area contributed by atoms with Gasteiger partial charge in [0.05, 0.1) is 18.0 Å². The van der Waals surface area contributed by atoms with Crippen molar-refractivity contribution >= 4 is 44.2 Å². The number of benzene rings is 2. The molecule has 1 atom stereocenters. The van der Waals surface area contributed by atoms with Crippen LogP contribution in [-0.2, 0) is 14.8 Å². The molecule has 0 spiro atoms. The lowest BCUT2D eigenvalue weighted by molar-refractivity contribution is -0.120. The lowest BCUT2D eigenvalue weighted by atomic mass is 9.89. The van der Waals surface area contributed by atoms with Crippen LogP contribution in [0.15, 0.2) is 42.5 Å². The maximum absolute atomic E-state index is 12.8. The quantitative estimate of drug-likeness (QED) is 0.600. The van der Waals surface area contributed by atoms with Crippen molar-refractivity contribution in [3.63, 3.8) is 0 Å². The van der Waals surface area contributed by atoms with Crippen LogP contribution in [0.4, 0.5) is 5.69 Å². The molecular formula is C21H25IN2O4S. The number of hydrogen-bond acceptors (Lipinski definition) is 4. The number of sulfonamides is 1. The summed E-state index contributed by atoms with van der Waals surface area (Å²) in [7, 11) is -3.61. The van der Waals surface area contributed by atoms with Gasteiger partial charge in [-0.25, -0.2) is 8.42 Å². The van der Waals surface area contributed by atoms with E-state index < -0.39 is 15.6 Å². The van der Waals surface area contributed by atoms with Crippen molar-refractivity contribution in [1.82, 2.24) is 5.32 Å². The van der Waals surface area contributed by atoms with E-state index in [4.69, 9.17) is 4.74 Å². The second-order valence-corrected chi connectivity index (χ2v) is 11.1. The van der Waals surface area contributed by atoms with Crippen molar-refractivity contribution in [2.75, 3.05) is 17.1 Å². The summed E-state index contributed by atoms with van der Waals surface area (Å²) in [5.74, 6) is 0.396. The second kappa shape index (κ2) is 8.14. The van der Waals surface area contributed by atoms with Crippen LogP contribution in [0.5, 0.6) is 5.75 Å². The highest BCUT2D eigenvalue weighted by atomic mass is 127. The molecule has 1 N–H and O–H groups in total. The molecule has 2 aromatic carbocycles. The van der Waals surface area contributed by atoms with Gasteiger partial charge in [-0.3, -0.25) is 9.10 Å². The zero-order valence-electron chi connectivity index (χ0n) is 16.9. The predicted octanol–water partition coefficient (Wildman–Crippen LogP) is 3.78. The van der Waals surface area contributed by atoms with Gasteiger partial charge in [0.15, 0.2) is 0 Å². The summed E-state index contributed by atoms with van der Waals surface area (Å²) in [6, 6.07) is 12.7. The van der Waals surface area contributed by atoms with Crippen molar-refractivity contribution in [2.45, 2.75) is 38.8 Å². The Labute approximate surface area is 185 Å². The molecule has 8 heteroatoms. The van der Waals surface area contributed by atoms with Crippen LogP contribution < -0.4 is 14.4 Å². The van der Waals surface area contributed by atoms with E-state index in [-0.39, 0.29) is 18.5 Å². The van der Waals surface area contributed by atoms with E-state index in [9.17, 15) is 13.2 Å². The molecule has 1 aliphatic rings. The third kappa shape index (κ3) is 5.42. The van der Waals surface area contributed by atoms with Crippen LogP contribution in [0.1, 0.15) is 37.4 Å². The first-order valence-corrected chi connectivity index (χ1v) is 12.2. The minimum Gasteiger partial charge on any atom is -0.487 e. The molecule has 1 unspecified atom stereocenters. The summed E-state index contributed by atoms with van der Waals surface area (Å²) < 4.78 is 32.8. The van der Waals surface area contributed by atoms with Gasteiger partial charge in [0.2, 0.25) is 15.9 Å². The average Bonchev–Trinajstić information content (AvgIpc) is 2.58. The Kier molecular flexibility index (Phi) is 6.14. The summed E-state index contributed by atoms with van der Waals surface area (Å²) in [5, 5.41) is 3.01. The molecule has 1 aliphatic heterocycles. The highest BCUT2D eigenvalue weighted by Gasteiger charge is 2.35. The maximum atomic E-state index is 12.8. The molecule has 0 radical (unpaired) electrons. The van der Waals surface area contributed by atoms with Crippen LogP contribution in [0.2, 0.25) is 0 Å². The van der Waals surface area contributed by atoms with Gasteiger partial charge in [-0.1, -0.05) is 12.1 Å². The first kappa shape index (κ1) is 21.9. The first-order chi connectivity index (χ1) is 13.4. The SMILES string of the molecule is Cc1ccc2c(c1)OC(C)(C)CC2NC(=O)CN(c1ccc(I)cc1)S(C)(=O)=O. The summed E-state index contributed by atoms with van der Waals surface area (Å²) >= 11 is 2.15. The fourth-order valence-corrected chi connectivity index (χ4v) is 4.68. The number of hydrogen-bond donors (Lipinski definition) is 1. The molecule has 1 heterocycles. The Morgan fingerprint density at radius 2 is 1.90 bits per heavy atom. The number of amides is 1. The molecule has 29 heavy (non-hydrogen) atoms. The third-order valence-corrected chi connectivity index (χ3v) is 6.62. The monoisotopic (exact) mass is 528 g/mol. The Hall–Kier alpha value is -1.81. The van der Waals surface area contributed by atoms with Crippen molar-refractivity contribution in [1.29, 1.82) is 0 Å². The van der Waals surface area contributed by atoms with Crippen LogP contribution in [0.3, 0.4) is 0 Å². The molecule has 1 amide bonds. The molecule has 2 aromatic rings. The standard InChI is InChI=1S/C21H25IN2O4S/c1-14-5-10-17-18(12-21(2,3)28-19(17)11-14)23-20(25)13-24(29(4,26)27)16-8-6-15(22)7-9-16/h5-11,18H,12-13H2,1-4H3,(H,23,25). The van der Waals surface area contributed by atoms with Crippen LogP contribution in [0.25, 0.3) is 0 Å². The Balaban J connectivity index is 1.83. The largest absolute Gasteiger partial charge is 0.487 e. The molecule has 0 fully saturated rings. The topological polar surface area (TPSA) is 75.7 Å². The molecule has 0 bridgehead atoms. The summed E-state index contributed by atoms with van der Waals surface area (Å²) in [6.07, 6.45) is 1.70. The minimum atomic E-state index is -3.61. The fourth-order valence-electron chi connectivity index (χ4n) is 3.47. The highest BCUT2D eigenvalue weighted by Crippen LogP contribution is 2.39. The van der Waals surface area contributed by atoms with E-state index in [1.807, 2.05) is 51.1 Å². The number of carbonyl (C=O) groups excluding carboxylic acids is 1. The zero-order chi connectivity index (χ0) is 21.4. The van der Waals surface area contributed by atoms with Crippen LogP contribution in [-0.4, -0.2) is 32.7 Å². The molecule has 0 saturated carbocycles. The molecule has 156 valence electrons. The van der Waals surface area contributed by atoms with Gasteiger partial charge in [0.25, 0.3) is 0 Å².